The molecule has 0 aromatic carbocycles. The monoisotopic (exact) mass is 321 g/mol. The van der Waals surface area contributed by atoms with Crippen molar-refractivity contribution in [2.24, 2.45) is 11.1 Å². The maximum atomic E-state index is 10.3. The molecule has 0 saturated heterocycles. The van der Waals surface area contributed by atoms with Gasteiger partial charge in [0.1, 0.15) is 0 Å². The molecule has 0 rings (SSSR count). The summed E-state index contributed by atoms with van der Waals surface area (Å²) in [6, 6.07) is 0.834. The van der Waals surface area contributed by atoms with E-state index < -0.39 is 16.9 Å². The van der Waals surface area contributed by atoms with Crippen LogP contribution in [0.15, 0.2) is 0 Å². The quantitative estimate of drug-likeness (QED) is 0.571. The fourth-order valence-corrected chi connectivity index (χ4v) is 7.37. The van der Waals surface area contributed by atoms with E-state index in [0.29, 0.717) is 6.54 Å². The molecule has 0 fully saturated rings. The van der Waals surface area contributed by atoms with Gasteiger partial charge in [0, 0.05) is 0 Å². The van der Waals surface area contributed by atoms with Crippen LogP contribution in [0.2, 0.25) is 32.2 Å². The summed E-state index contributed by atoms with van der Waals surface area (Å²) in [5.41, 5.74) is 5.27. The Hall–Kier alpha value is 0.274. The van der Waals surface area contributed by atoms with E-state index in [-0.39, 0.29) is 11.0 Å². The minimum Gasteiger partial charge on any atom is -0.432 e. The van der Waals surface area contributed by atoms with Crippen molar-refractivity contribution in [3.63, 3.8) is 0 Å². The standard InChI is InChI=1S/C14H35NO3Si2/c1-13(2,18-20(6,7)17)11-14(3,9-8-10-15)12-19(4,5)16/h16-17H,8-12,15H2,1-7H3. The molecule has 0 aliphatic heterocycles. The predicted molar refractivity (Wildman–Crippen MR) is 90.4 cm³/mol. The van der Waals surface area contributed by atoms with Gasteiger partial charge in [0.25, 0.3) is 0 Å². The first kappa shape index (κ1) is 20.3. The highest BCUT2D eigenvalue weighted by Crippen LogP contribution is 2.41. The van der Waals surface area contributed by atoms with E-state index in [1.165, 1.54) is 0 Å². The zero-order valence-corrected chi connectivity index (χ0v) is 16.4. The number of rotatable bonds is 9. The van der Waals surface area contributed by atoms with E-state index in [2.05, 4.69) is 6.92 Å². The molecule has 0 spiro atoms. The van der Waals surface area contributed by atoms with E-state index in [4.69, 9.17) is 10.2 Å². The maximum Gasteiger partial charge on any atom is 0.329 e. The highest BCUT2D eigenvalue weighted by atomic mass is 28.4. The molecule has 0 bridgehead atoms. The van der Waals surface area contributed by atoms with Crippen LogP contribution >= 0.6 is 0 Å². The molecule has 0 heterocycles. The zero-order valence-electron chi connectivity index (χ0n) is 14.4. The van der Waals surface area contributed by atoms with Gasteiger partial charge in [0.15, 0.2) is 8.32 Å². The number of hydrogen-bond acceptors (Lipinski definition) is 4. The number of hydrogen-bond donors (Lipinski definition) is 3. The van der Waals surface area contributed by atoms with Crippen molar-refractivity contribution in [1.29, 1.82) is 0 Å². The Morgan fingerprint density at radius 1 is 1.05 bits per heavy atom. The van der Waals surface area contributed by atoms with Crippen LogP contribution in [0.3, 0.4) is 0 Å². The molecule has 0 aromatic rings. The summed E-state index contributed by atoms with van der Waals surface area (Å²) in [5, 5.41) is 0. The highest BCUT2D eigenvalue weighted by Gasteiger charge is 2.40. The molecule has 122 valence electrons. The second-order valence-corrected chi connectivity index (χ2v) is 15.3. The summed E-state index contributed by atoms with van der Waals surface area (Å²) in [7, 11) is -4.71. The van der Waals surface area contributed by atoms with Crippen molar-refractivity contribution < 1.29 is 14.0 Å². The van der Waals surface area contributed by atoms with Gasteiger partial charge in [0.05, 0.1) is 5.60 Å². The molecular weight excluding hydrogens is 286 g/mol. The third-order valence-corrected chi connectivity index (χ3v) is 5.99. The Labute approximate surface area is 127 Å². The molecule has 6 heteroatoms. The SMILES string of the molecule is CC(CCCN)(CC(C)(C)O[Si](C)(C)O)C[Si](C)(C)O. The smallest absolute Gasteiger partial charge is 0.329 e. The summed E-state index contributed by atoms with van der Waals surface area (Å²) >= 11 is 0. The summed E-state index contributed by atoms with van der Waals surface area (Å²) < 4.78 is 5.91. The maximum absolute atomic E-state index is 10.3. The summed E-state index contributed by atoms with van der Waals surface area (Å²) in [6.45, 7) is 14.5. The van der Waals surface area contributed by atoms with Crippen LogP contribution in [0.5, 0.6) is 0 Å². The van der Waals surface area contributed by atoms with Crippen LogP contribution in [0.4, 0.5) is 0 Å². The molecule has 0 aliphatic carbocycles. The Morgan fingerprint density at radius 2 is 1.55 bits per heavy atom. The summed E-state index contributed by atoms with van der Waals surface area (Å²) in [5.74, 6) is 0. The molecule has 4 N–H and O–H groups in total. The van der Waals surface area contributed by atoms with Gasteiger partial charge in [-0.2, -0.15) is 0 Å². The lowest BCUT2D eigenvalue weighted by Crippen LogP contribution is -2.45. The lowest BCUT2D eigenvalue weighted by molar-refractivity contribution is 0.0255. The molecule has 0 radical (unpaired) electrons. The average Bonchev–Trinajstić information content (AvgIpc) is 2.05. The van der Waals surface area contributed by atoms with Crippen LogP contribution < -0.4 is 5.73 Å². The fraction of sp³-hybridized carbons (Fsp3) is 1.00. The molecular formula is C14H35NO3Si2. The molecule has 1 unspecified atom stereocenters. The molecule has 0 saturated carbocycles. The van der Waals surface area contributed by atoms with Gasteiger partial charge in [-0.3, -0.25) is 0 Å². The van der Waals surface area contributed by atoms with Gasteiger partial charge < -0.3 is 19.8 Å². The lowest BCUT2D eigenvalue weighted by Gasteiger charge is -2.42. The van der Waals surface area contributed by atoms with Gasteiger partial charge in [-0.15, -0.1) is 0 Å². The molecule has 4 nitrogen and oxygen atoms in total. The van der Waals surface area contributed by atoms with Crippen LogP contribution in [-0.2, 0) is 4.43 Å². The summed E-state index contributed by atoms with van der Waals surface area (Å²) in [4.78, 5) is 20.3. The average molecular weight is 322 g/mol. The van der Waals surface area contributed by atoms with Crippen LogP contribution in [0, 0.1) is 5.41 Å². The van der Waals surface area contributed by atoms with Gasteiger partial charge in [-0.05, 0) is 77.3 Å². The third-order valence-electron chi connectivity index (χ3n) is 3.22. The van der Waals surface area contributed by atoms with E-state index >= 15 is 0 Å². The molecule has 0 aromatic heterocycles. The van der Waals surface area contributed by atoms with Crippen molar-refractivity contribution in [2.45, 2.75) is 77.9 Å². The van der Waals surface area contributed by atoms with Crippen LogP contribution in [0.1, 0.15) is 40.0 Å². The van der Waals surface area contributed by atoms with Crippen LogP contribution in [-0.4, -0.2) is 38.6 Å². The Morgan fingerprint density at radius 3 is 1.90 bits per heavy atom. The predicted octanol–water partition coefficient (Wildman–Crippen LogP) is 2.81. The van der Waals surface area contributed by atoms with E-state index in [9.17, 15) is 9.59 Å². The van der Waals surface area contributed by atoms with Crippen molar-refractivity contribution in [3.8, 4) is 0 Å². The normalized spacial score (nSPS) is 17.1. The lowest BCUT2D eigenvalue weighted by atomic mass is 9.78. The van der Waals surface area contributed by atoms with E-state index in [1.54, 1.807) is 13.1 Å². The van der Waals surface area contributed by atoms with Gasteiger partial charge >= 0.3 is 8.56 Å². The molecule has 1 atom stereocenters. The Kier molecular flexibility index (Phi) is 7.12. The van der Waals surface area contributed by atoms with Gasteiger partial charge in [-0.25, -0.2) is 0 Å². The first-order valence-electron chi connectivity index (χ1n) is 7.53. The second kappa shape index (κ2) is 7.02. The van der Waals surface area contributed by atoms with Crippen molar-refractivity contribution >= 4 is 16.9 Å². The fourth-order valence-electron chi connectivity index (χ4n) is 3.55. The number of nitrogens with two attached hydrogens (primary N) is 1. The zero-order chi connectivity index (χ0) is 16.2. The minimum atomic E-state index is -2.56. The van der Waals surface area contributed by atoms with Crippen molar-refractivity contribution in [1.82, 2.24) is 0 Å². The van der Waals surface area contributed by atoms with E-state index in [0.717, 1.165) is 25.3 Å². The third kappa shape index (κ3) is 10.1. The molecule has 20 heavy (non-hydrogen) atoms. The largest absolute Gasteiger partial charge is 0.432 e. The van der Waals surface area contributed by atoms with Crippen molar-refractivity contribution in [2.75, 3.05) is 6.54 Å². The van der Waals surface area contributed by atoms with E-state index in [1.807, 2.05) is 26.9 Å². The first-order chi connectivity index (χ1) is 8.68. The summed E-state index contributed by atoms with van der Waals surface area (Å²) in [6.07, 6.45) is 2.77. The van der Waals surface area contributed by atoms with Crippen LogP contribution in [0.25, 0.3) is 0 Å². The second-order valence-electron chi connectivity index (χ2n) is 8.18. The molecule has 0 amide bonds. The minimum absolute atomic E-state index is 0.00694. The Bertz CT molecular complexity index is 298. The first-order valence-corrected chi connectivity index (χ1v) is 13.5. The topological polar surface area (TPSA) is 75.7 Å². The van der Waals surface area contributed by atoms with Gasteiger partial charge in [0.2, 0.25) is 0 Å². The van der Waals surface area contributed by atoms with Gasteiger partial charge in [-0.1, -0.05) is 6.92 Å². The van der Waals surface area contributed by atoms with Crippen molar-refractivity contribution in [3.05, 3.63) is 0 Å². The Balaban J connectivity index is 4.96. The molecule has 0 aliphatic rings. The highest BCUT2D eigenvalue weighted by molar-refractivity contribution is 6.69.